The molecule has 2 aromatic heterocycles. The van der Waals surface area contributed by atoms with Crippen molar-refractivity contribution in [3.63, 3.8) is 0 Å². The van der Waals surface area contributed by atoms with Gasteiger partial charge in [-0.1, -0.05) is 6.92 Å². The molecule has 1 N–H and O–H groups in total. The van der Waals surface area contributed by atoms with Crippen molar-refractivity contribution in [2.45, 2.75) is 44.2 Å². The van der Waals surface area contributed by atoms with E-state index in [2.05, 4.69) is 15.4 Å². The van der Waals surface area contributed by atoms with Gasteiger partial charge in [0.2, 0.25) is 0 Å². The topological polar surface area (TPSA) is 97.2 Å². The van der Waals surface area contributed by atoms with Crippen LogP contribution >= 0.6 is 0 Å². The van der Waals surface area contributed by atoms with Gasteiger partial charge in [0.25, 0.3) is 0 Å². The second-order valence-electron chi connectivity index (χ2n) is 8.13. The van der Waals surface area contributed by atoms with Gasteiger partial charge in [0, 0.05) is 19.0 Å². The molecular weight excluding hydrogens is 445 g/mol. The van der Waals surface area contributed by atoms with E-state index in [1.165, 1.54) is 24.4 Å². The van der Waals surface area contributed by atoms with Crippen molar-refractivity contribution in [3.8, 4) is 5.69 Å². The van der Waals surface area contributed by atoms with Gasteiger partial charge in [0.05, 0.1) is 28.8 Å². The van der Waals surface area contributed by atoms with Gasteiger partial charge >= 0.3 is 6.03 Å². The zero-order valence-electron chi connectivity index (χ0n) is 18.7. The molecule has 174 valence electrons. The van der Waals surface area contributed by atoms with E-state index in [0.717, 1.165) is 36.2 Å². The lowest BCUT2D eigenvalue weighted by Gasteiger charge is -2.30. The molecule has 1 aliphatic heterocycles. The molecule has 0 saturated heterocycles. The number of aryl methyl sites for hydroxylation is 1. The molecule has 0 fully saturated rings. The van der Waals surface area contributed by atoms with Crippen LogP contribution in [0, 0.1) is 12.7 Å². The van der Waals surface area contributed by atoms with Crippen molar-refractivity contribution >= 4 is 21.6 Å². The van der Waals surface area contributed by atoms with E-state index in [4.69, 9.17) is 0 Å². The lowest BCUT2D eigenvalue weighted by Crippen LogP contribution is -2.44. The van der Waals surface area contributed by atoms with Gasteiger partial charge in [-0.05, 0) is 68.1 Å². The number of carbonyl (C=O) groups is 1. The molecule has 0 bridgehead atoms. The monoisotopic (exact) mass is 471 g/mol. The molecular formula is C23H26FN5O3S. The SMILES string of the molecule is CCC(NC(=O)N1CCCc2c1c(C)nn2-c1ccc(F)cc1)c1ccnc(S(C)(=O)=O)c1. The van der Waals surface area contributed by atoms with Crippen LogP contribution < -0.4 is 10.2 Å². The number of amides is 2. The number of hydrogen-bond acceptors (Lipinski definition) is 5. The van der Waals surface area contributed by atoms with Crippen LogP contribution in [0.25, 0.3) is 5.69 Å². The number of rotatable bonds is 5. The number of hydrogen-bond donors (Lipinski definition) is 1. The Balaban J connectivity index is 1.62. The smallest absolute Gasteiger partial charge is 0.322 e. The molecule has 1 unspecified atom stereocenters. The number of aromatic nitrogens is 3. The summed E-state index contributed by atoms with van der Waals surface area (Å²) in [6.45, 7) is 4.31. The van der Waals surface area contributed by atoms with Gasteiger partial charge in [0.15, 0.2) is 14.9 Å². The van der Waals surface area contributed by atoms with Crippen molar-refractivity contribution in [1.29, 1.82) is 0 Å². The number of benzene rings is 1. The van der Waals surface area contributed by atoms with Gasteiger partial charge in [-0.15, -0.1) is 0 Å². The molecule has 3 aromatic rings. The molecule has 33 heavy (non-hydrogen) atoms. The van der Waals surface area contributed by atoms with Crippen LogP contribution in [0.15, 0.2) is 47.6 Å². The minimum absolute atomic E-state index is 0.0237. The first kappa shape index (κ1) is 22.9. The first-order valence-corrected chi connectivity index (χ1v) is 12.7. The van der Waals surface area contributed by atoms with Crippen molar-refractivity contribution in [1.82, 2.24) is 20.1 Å². The number of halogens is 1. The fourth-order valence-corrected chi connectivity index (χ4v) is 4.75. The van der Waals surface area contributed by atoms with Crippen molar-refractivity contribution < 1.29 is 17.6 Å². The zero-order valence-corrected chi connectivity index (χ0v) is 19.6. The first-order valence-electron chi connectivity index (χ1n) is 10.8. The molecule has 1 aromatic carbocycles. The van der Waals surface area contributed by atoms with Crippen LogP contribution in [0.1, 0.15) is 42.8 Å². The minimum Gasteiger partial charge on any atom is -0.331 e. The summed E-state index contributed by atoms with van der Waals surface area (Å²) in [5.41, 5.74) is 3.78. The summed E-state index contributed by atoms with van der Waals surface area (Å²) in [6, 6.07) is 8.66. The molecule has 0 aliphatic carbocycles. The Morgan fingerprint density at radius 3 is 2.64 bits per heavy atom. The van der Waals surface area contributed by atoms with E-state index in [-0.39, 0.29) is 22.9 Å². The highest BCUT2D eigenvalue weighted by atomic mass is 32.2. The second-order valence-corrected chi connectivity index (χ2v) is 10.1. The Hall–Kier alpha value is -3.27. The van der Waals surface area contributed by atoms with Gasteiger partial charge < -0.3 is 5.32 Å². The summed E-state index contributed by atoms with van der Waals surface area (Å²) >= 11 is 0. The molecule has 0 radical (unpaired) electrons. The van der Waals surface area contributed by atoms with E-state index in [1.807, 2.05) is 13.8 Å². The average molecular weight is 472 g/mol. The molecule has 2 amide bonds. The number of carbonyl (C=O) groups excluding carboxylic acids is 1. The predicted molar refractivity (Wildman–Crippen MR) is 123 cm³/mol. The summed E-state index contributed by atoms with van der Waals surface area (Å²) in [5.74, 6) is -0.321. The van der Waals surface area contributed by atoms with Gasteiger partial charge in [-0.2, -0.15) is 5.10 Å². The number of urea groups is 1. The summed E-state index contributed by atoms with van der Waals surface area (Å²) in [4.78, 5) is 18.9. The highest BCUT2D eigenvalue weighted by Crippen LogP contribution is 2.33. The Labute approximate surface area is 192 Å². The molecule has 0 spiro atoms. The van der Waals surface area contributed by atoms with Gasteiger partial charge in [-0.3, -0.25) is 4.90 Å². The predicted octanol–water partition coefficient (Wildman–Crippen LogP) is 3.73. The van der Waals surface area contributed by atoms with Crippen molar-refractivity contribution in [3.05, 3.63) is 65.4 Å². The van der Waals surface area contributed by atoms with Crippen LogP contribution in [0.4, 0.5) is 14.9 Å². The Kier molecular flexibility index (Phi) is 6.20. The number of pyridine rings is 1. The third-order valence-corrected chi connectivity index (χ3v) is 6.73. The second kappa shape index (κ2) is 8.93. The highest BCUT2D eigenvalue weighted by Gasteiger charge is 2.30. The van der Waals surface area contributed by atoms with Crippen LogP contribution in [0.3, 0.4) is 0 Å². The van der Waals surface area contributed by atoms with Gasteiger partial charge in [-0.25, -0.2) is 27.3 Å². The third kappa shape index (κ3) is 4.61. The van der Waals surface area contributed by atoms with E-state index in [1.54, 1.807) is 27.8 Å². The normalized spacial score (nSPS) is 14.6. The van der Waals surface area contributed by atoms with E-state index in [0.29, 0.717) is 24.2 Å². The molecule has 4 rings (SSSR count). The number of nitrogens with zero attached hydrogens (tertiary/aromatic N) is 4. The summed E-state index contributed by atoms with van der Waals surface area (Å²) in [6.07, 6.45) is 4.63. The molecule has 1 aliphatic rings. The summed E-state index contributed by atoms with van der Waals surface area (Å²) < 4.78 is 38.9. The third-order valence-electron chi connectivity index (χ3n) is 5.75. The van der Waals surface area contributed by atoms with E-state index < -0.39 is 9.84 Å². The minimum atomic E-state index is -3.46. The molecule has 10 heteroatoms. The van der Waals surface area contributed by atoms with Crippen molar-refractivity contribution in [2.24, 2.45) is 0 Å². The standard InChI is InChI=1S/C23H26FN5O3S/c1-4-19(16-11-12-25-21(14-16)33(3,31)32)26-23(30)28-13-5-6-20-22(28)15(2)27-29(20)18-9-7-17(24)8-10-18/h7-12,14,19H,4-6,13H2,1-3H3,(H,26,30). The fourth-order valence-electron chi connectivity index (χ4n) is 4.15. The molecule has 3 heterocycles. The zero-order chi connectivity index (χ0) is 23.8. The van der Waals surface area contributed by atoms with Crippen LogP contribution in [-0.2, 0) is 16.3 Å². The first-order chi connectivity index (χ1) is 15.7. The number of fused-ring (bicyclic) bond motifs is 1. The molecule has 8 nitrogen and oxygen atoms in total. The fraction of sp³-hybridized carbons (Fsp3) is 0.348. The van der Waals surface area contributed by atoms with Crippen LogP contribution in [0.5, 0.6) is 0 Å². The Morgan fingerprint density at radius 2 is 1.97 bits per heavy atom. The van der Waals surface area contributed by atoms with Crippen LogP contribution in [-0.4, -0.2) is 42.0 Å². The van der Waals surface area contributed by atoms with E-state index in [9.17, 15) is 17.6 Å². The maximum Gasteiger partial charge on any atom is 0.322 e. The van der Waals surface area contributed by atoms with Gasteiger partial charge in [0.1, 0.15) is 5.82 Å². The molecule has 1 atom stereocenters. The van der Waals surface area contributed by atoms with E-state index >= 15 is 0 Å². The highest BCUT2D eigenvalue weighted by molar-refractivity contribution is 7.90. The number of anilines is 1. The maximum absolute atomic E-state index is 13.4. The quantitative estimate of drug-likeness (QED) is 0.612. The van der Waals surface area contributed by atoms with Crippen molar-refractivity contribution in [2.75, 3.05) is 17.7 Å². The van der Waals surface area contributed by atoms with Crippen LogP contribution in [0.2, 0.25) is 0 Å². The summed E-state index contributed by atoms with van der Waals surface area (Å²) in [7, 11) is -3.46. The Bertz CT molecular complexity index is 1290. The number of nitrogens with one attached hydrogen (secondary N) is 1. The maximum atomic E-state index is 13.4. The molecule has 0 saturated carbocycles. The lowest BCUT2D eigenvalue weighted by atomic mass is 10.1. The number of sulfone groups is 1. The largest absolute Gasteiger partial charge is 0.331 e. The lowest BCUT2D eigenvalue weighted by molar-refractivity contribution is 0.241. The summed E-state index contributed by atoms with van der Waals surface area (Å²) in [5, 5.41) is 7.63. The average Bonchev–Trinajstić information content (AvgIpc) is 3.14. The Morgan fingerprint density at radius 1 is 1.24 bits per heavy atom.